The van der Waals surface area contributed by atoms with E-state index in [0.717, 1.165) is 22.7 Å². The van der Waals surface area contributed by atoms with Gasteiger partial charge in [-0.25, -0.2) is 4.98 Å². The number of methoxy groups -OCH3 is 2. The lowest BCUT2D eigenvalue weighted by molar-refractivity contribution is 0.395. The minimum Gasteiger partial charge on any atom is -0.497 e. The molecular formula is C19H24N6O2. The number of nitrogens with one attached hydrogen (secondary N) is 1. The summed E-state index contributed by atoms with van der Waals surface area (Å²) in [6.07, 6.45) is 1.61. The van der Waals surface area contributed by atoms with E-state index in [1.807, 2.05) is 36.7 Å². The van der Waals surface area contributed by atoms with Crippen LogP contribution in [0.15, 0.2) is 30.5 Å². The molecule has 0 fully saturated rings. The van der Waals surface area contributed by atoms with E-state index >= 15 is 0 Å². The first kappa shape index (κ1) is 18.6. The monoisotopic (exact) mass is 368 g/mol. The number of benzene rings is 1. The average molecular weight is 368 g/mol. The number of nitrogens with zero attached hydrogens (tertiary/aromatic N) is 5. The van der Waals surface area contributed by atoms with Crippen molar-refractivity contribution in [2.24, 2.45) is 0 Å². The third-order valence-corrected chi connectivity index (χ3v) is 4.17. The highest BCUT2D eigenvalue weighted by molar-refractivity contribution is 5.68. The van der Waals surface area contributed by atoms with Gasteiger partial charge in [-0.2, -0.15) is 10.2 Å². The van der Waals surface area contributed by atoms with Crippen LogP contribution in [0.2, 0.25) is 0 Å². The van der Waals surface area contributed by atoms with Gasteiger partial charge in [0.15, 0.2) is 0 Å². The molecule has 0 amide bonds. The van der Waals surface area contributed by atoms with Crippen LogP contribution in [0.5, 0.6) is 11.5 Å². The molecule has 0 radical (unpaired) electrons. The van der Waals surface area contributed by atoms with Gasteiger partial charge < -0.3 is 14.8 Å². The first-order valence-electron chi connectivity index (χ1n) is 8.70. The number of ether oxygens (including phenoxy) is 2. The van der Waals surface area contributed by atoms with Gasteiger partial charge in [0.25, 0.3) is 0 Å². The Morgan fingerprint density at radius 3 is 2.63 bits per heavy atom. The molecule has 2 aromatic heterocycles. The molecule has 2 heterocycles. The fraction of sp³-hybridized carbons (Fsp3) is 0.368. The highest BCUT2D eigenvalue weighted by Gasteiger charge is 2.13. The van der Waals surface area contributed by atoms with Crippen LogP contribution in [-0.2, 0) is 6.54 Å². The molecule has 0 aliphatic carbocycles. The molecule has 8 nitrogen and oxygen atoms in total. The molecule has 3 rings (SSSR count). The smallest absolute Gasteiger partial charge is 0.243 e. The summed E-state index contributed by atoms with van der Waals surface area (Å²) in [6.45, 7) is 6.79. The van der Waals surface area contributed by atoms with E-state index < -0.39 is 0 Å². The van der Waals surface area contributed by atoms with Gasteiger partial charge in [-0.1, -0.05) is 0 Å². The molecule has 0 saturated heterocycles. The minimum atomic E-state index is 0.0813. The molecule has 142 valence electrons. The Labute approximate surface area is 158 Å². The van der Waals surface area contributed by atoms with Crippen LogP contribution in [0.1, 0.15) is 18.3 Å². The van der Waals surface area contributed by atoms with E-state index in [1.165, 1.54) is 0 Å². The lowest BCUT2D eigenvalue weighted by Crippen LogP contribution is -2.24. The molecule has 27 heavy (non-hydrogen) atoms. The molecule has 0 aliphatic rings. The summed E-state index contributed by atoms with van der Waals surface area (Å²) in [5, 5.41) is 15.9. The summed E-state index contributed by atoms with van der Waals surface area (Å²) in [5.41, 5.74) is 3.62. The normalized spacial score (nSPS) is 11.9. The largest absolute Gasteiger partial charge is 0.497 e. The Morgan fingerprint density at radius 2 is 1.96 bits per heavy atom. The Bertz CT molecular complexity index is 924. The van der Waals surface area contributed by atoms with Crippen LogP contribution in [0.4, 0.5) is 5.95 Å². The fourth-order valence-corrected chi connectivity index (χ4v) is 2.89. The third-order valence-electron chi connectivity index (χ3n) is 4.17. The molecule has 1 atom stereocenters. The van der Waals surface area contributed by atoms with Crippen LogP contribution >= 0.6 is 0 Å². The predicted molar refractivity (Wildman–Crippen MR) is 103 cm³/mol. The number of aromatic nitrogens is 5. The molecule has 3 aromatic rings. The van der Waals surface area contributed by atoms with Gasteiger partial charge in [0.05, 0.1) is 38.3 Å². The number of rotatable bonds is 7. The van der Waals surface area contributed by atoms with Crippen molar-refractivity contribution in [1.29, 1.82) is 0 Å². The lowest BCUT2D eigenvalue weighted by Gasteiger charge is -2.15. The Hall–Kier alpha value is -3.16. The number of aryl methyl sites for hydroxylation is 2. The van der Waals surface area contributed by atoms with E-state index in [2.05, 4.69) is 38.6 Å². The maximum atomic E-state index is 5.46. The highest BCUT2D eigenvalue weighted by Crippen LogP contribution is 2.32. The Morgan fingerprint density at radius 1 is 1.15 bits per heavy atom. The standard InChI is InChI=1S/C19H24N6O2/c1-12-8-14(3)25(24-12)11-13(2)21-19-22-17(10-20-23-19)16-7-6-15(26-4)9-18(16)27-5/h6-10,13H,11H2,1-5H3,(H,21,22,23)/t13-/m1/s1. The summed E-state index contributed by atoms with van der Waals surface area (Å²) in [4.78, 5) is 4.58. The van der Waals surface area contributed by atoms with Crippen molar-refractivity contribution in [2.45, 2.75) is 33.4 Å². The van der Waals surface area contributed by atoms with E-state index in [4.69, 9.17) is 9.47 Å². The maximum Gasteiger partial charge on any atom is 0.243 e. The zero-order chi connectivity index (χ0) is 19.4. The van der Waals surface area contributed by atoms with Crippen molar-refractivity contribution in [3.63, 3.8) is 0 Å². The van der Waals surface area contributed by atoms with Gasteiger partial charge >= 0.3 is 0 Å². The molecule has 1 aromatic carbocycles. The van der Waals surface area contributed by atoms with Crippen molar-refractivity contribution in [3.05, 3.63) is 41.9 Å². The van der Waals surface area contributed by atoms with Crippen LogP contribution < -0.4 is 14.8 Å². The van der Waals surface area contributed by atoms with Crippen molar-refractivity contribution in [3.8, 4) is 22.8 Å². The van der Waals surface area contributed by atoms with E-state index in [0.29, 0.717) is 23.9 Å². The van der Waals surface area contributed by atoms with Crippen molar-refractivity contribution >= 4 is 5.95 Å². The molecule has 1 N–H and O–H groups in total. The molecule has 0 unspecified atom stereocenters. The summed E-state index contributed by atoms with van der Waals surface area (Å²) < 4.78 is 12.7. The summed E-state index contributed by atoms with van der Waals surface area (Å²) >= 11 is 0. The van der Waals surface area contributed by atoms with Gasteiger partial charge in [-0.05, 0) is 39.0 Å². The molecule has 0 aliphatic heterocycles. The van der Waals surface area contributed by atoms with Crippen LogP contribution in [0, 0.1) is 13.8 Å². The van der Waals surface area contributed by atoms with Gasteiger partial charge in [-0.3, -0.25) is 4.68 Å². The first-order chi connectivity index (χ1) is 13.0. The van der Waals surface area contributed by atoms with Crippen molar-refractivity contribution in [1.82, 2.24) is 25.0 Å². The van der Waals surface area contributed by atoms with Gasteiger partial charge in [0, 0.05) is 23.4 Å². The molecule has 8 heteroatoms. The fourth-order valence-electron chi connectivity index (χ4n) is 2.89. The zero-order valence-electron chi connectivity index (χ0n) is 16.2. The van der Waals surface area contributed by atoms with E-state index in [9.17, 15) is 0 Å². The minimum absolute atomic E-state index is 0.0813. The first-order valence-corrected chi connectivity index (χ1v) is 8.70. The topological polar surface area (TPSA) is 87.0 Å². The number of hydrogen-bond acceptors (Lipinski definition) is 7. The van der Waals surface area contributed by atoms with E-state index in [1.54, 1.807) is 20.4 Å². The van der Waals surface area contributed by atoms with E-state index in [-0.39, 0.29) is 6.04 Å². The van der Waals surface area contributed by atoms with Crippen LogP contribution in [0.3, 0.4) is 0 Å². The van der Waals surface area contributed by atoms with Crippen LogP contribution in [0.25, 0.3) is 11.3 Å². The third kappa shape index (κ3) is 4.33. The summed E-state index contributed by atoms with van der Waals surface area (Å²) in [5.74, 6) is 1.84. The van der Waals surface area contributed by atoms with Crippen molar-refractivity contribution in [2.75, 3.05) is 19.5 Å². The second-order valence-electron chi connectivity index (χ2n) is 6.39. The Balaban J connectivity index is 1.78. The second-order valence-corrected chi connectivity index (χ2v) is 6.39. The average Bonchev–Trinajstić information content (AvgIpc) is 2.98. The van der Waals surface area contributed by atoms with Gasteiger partial charge in [0.2, 0.25) is 5.95 Å². The maximum absolute atomic E-state index is 5.46. The lowest BCUT2D eigenvalue weighted by atomic mass is 10.1. The van der Waals surface area contributed by atoms with Gasteiger partial charge in [-0.15, -0.1) is 5.10 Å². The summed E-state index contributed by atoms with van der Waals surface area (Å²) in [7, 11) is 3.23. The molecule has 0 saturated carbocycles. The number of anilines is 1. The zero-order valence-corrected chi connectivity index (χ0v) is 16.2. The SMILES string of the molecule is COc1ccc(-c2cnnc(N[C@H](C)Cn3nc(C)cc3C)n2)c(OC)c1. The quantitative estimate of drug-likeness (QED) is 0.686. The van der Waals surface area contributed by atoms with Gasteiger partial charge in [0.1, 0.15) is 11.5 Å². The predicted octanol–water partition coefficient (Wildman–Crippen LogP) is 2.87. The highest BCUT2D eigenvalue weighted by atomic mass is 16.5. The van der Waals surface area contributed by atoms with Crippen molar-refractivity contribution < 1.29 is 9.47 Å². The molecule has 0 spiro atoms. The molecular weight excluding hydrogens is 344 g/mol. The Kier molecular flexibility index (Phi) is 5.54. The summed E-state index contributed by atoms with van der Waals surface area (Å²) in [6, 6.07) is 7.71. The van der Waals surface area contributed by atoms with Crippen LogP contribution in [-0.4, -0.2) is 45.2 Å². The second kappa shape index (κ2) is 8.03. The molecule has 0 bridgehead atoms. The number of hydrogen-bond donors (Lipinski definition) is 1.